The number of aryl methyl sites for hydroxylation is 1. The number of anilines is 1. The topological polar surface area (TPSA) is 65.8 Å². The summed E-state index contributed by atoms with van der Waals surface area (Å²) in [5.74, 6) is -0.163. The summed E-state index contributed by atoms with van der Waals surface area (Å²) in [5.41, 5.74) is 3.22. The number of thiazole rings is 1. The third-order valence-corrected chi connectivity index (χ3v) is 5.25. The number of allylic oxidation sites excluding steroid dienone is 1. The van der Waals surface area contributed by atoms with Crippen molar-refractivity contribution in [3.05, 3.63) is 57.2 Å². The third-order valence-electron chi connectivity index (χ3n) is 3.42. The second-order valence-corrected chi connectivity index (χ2v) is 7.41. The molecule has 0 fully saturated rings. The van der Waals surface area contributed by atoms with Gasteiger partial charge in [-0.3, -0.25) is 4.79 Å². The lowest BCUT2D eigenvalue weighted by Crippen LogP contribution is -2.05. The van der Waals surface area contributed by atoms with Crippen molar-refractivity contribution >= 4 is 45.2 Å². The molecule has 0 unspecified atom stereocenters. The summed E-state index contributed by atoms with van der Waals surface area (Å²) in [7, 11) is 0. The standard InChI is InChI=1S/C19H15N3OS2/c1-12-5-7-14(8-6-12)17-19(21-13(2)23)25-18(22-17)15(11-20)10-16-4-3-9-24-16/h3-10H,1-2H3,(H,21,23). The van der Waals surface area contributed by atoms with Crippen LogP contribution in [0.3, 0.4) is 0 Å². The predicted octanol–water partition coefficient (Wildman–Crippen LogP) is 5.20. The number of carbonyl (C=O) groups is 1. The number of nitrogens with one attached hydrogen (secondary N) is 1. The van der Waals surface area contributed by atoms with Crippen molar-refractivity contribution < 1.29 is 4.79 Å². The Hall–Kier alpha value is -2.75. The van der Waals surface area contributed by atoms with Crippen LogP contribution in [0.4, 0.5) is 5.00 Å². The summed E-state index contributed by atoms with van der Waals surface area (Å²) in [6.45, 7) is 3.48. The normalized spacial score (nSPS) is 11.2. The molecule has 1 aromatic carbocycles. The Morgan fingerprint density at radius 2 is 2.04 bits per heavy atom. The number of thiophene rings is 1. The fourth-order valence-corrected chi connectivity index (χ4v) is 3.90. The van der Waals surface area contributed by atoms with E-state index in [2.05, 4.69) is 16.4 Å². The predicted molar refractivity (Wildman–Crippen MR) is 104 cm³/mol. The zero-order valence-corrected chi connectivity index (χ0v) is 15.4. The van der Waals surface area contributed by atoms with Crippen LogP contribution in [0.25, 0.3) is 22.9 Å². The molecule has 0 saturated heterocycles. The zero-order valence-electron chi connectivity index (χ0n) is 13.7. The minimum Gasteiger partial charge on any atom is -0.316 e. The van der Waals surface area contributed by atoms with Crippen LogP contribution < -0.4 is 5.32 Å². The fraction of sp³-hybridized carbons (Fsp3) is 0.105. The van der Waals surface area contributed by atoms with Crippen LogP contribution in [-0.4, -0.2) is 10.9 Å². The fourth-order valence-electron chi connectivity index (χ4n) is 2.24. The number of aromatic nitrogens is 1. The monoisotopic (exact) mass is 365 g/mol. The van der Waals surface area contributed by atoms with E-state index in [0.717, 1.165) is 16.0 Å². The van der Waals surface area contributed by atoms with E-state index >= 15 is 0 Å². The third kappa shape index (κ3) is 4.02. The van der Waals surface area contributed by atoms with E-state index in [1.165, 1.54) is 18.3 Å². The molecule has 0 spiro atoms. The van der Waals surface area contributed by atoms with Crippen LogP contribution in [-0.2, 0) is 4.79 Å². The van der Waals surface area contributed by atoms with Gasteiger partial charge in [0.25, 0.3) is 0 Å². The molecular formula is C19H15N3OS2. The van der Waals surface area contributed by atoms with E-state index in [-0.39, 0.29) is 5.91 Å². The van der Waals surface area contributed by atoms with Gasteiger partial charge in [0, 0.05) is 17.4 Å². The van der Waals surface area contributed by atoms with E-state index in [9.17, 15) is 10.1 Å². The van der Waals surface area contributed by atoms with E-state index < -0.39 is 0 Å². The molecule has 1 N–H and O–H groups in total. The maximum atomic E-state index is 11.5. The Balaban J connectivity index is 2.08. The van der Waals surface area contributed by atoms with Gasteiger partial charge in [-0.25, -0.2) is 4.98 Å². The number of hydrogen-bond acceptors (Lipinski definition) is 5. The van der Waals surface area contributed by atoms with E-state index in [1.54, 1.807) is 11.3 Å². The van der Waals surface area contributed by atoms with Gasteiger partial charge in [0.05, 0.1) is 5.57 Å². The number of hydrogen-bond donors (Lipinski definition) is 1. The van der Waals surface area contributed by atoms with Gasteiger partial charge in [0.2, 0.25) is 5.91 Å². The molecule has 4 nitrogen and oxygen atoms in total. The molecule has 1 amide bonds. The molecular weight excluding hydrogens is 350 g/mol. The molecule has 0 aliphatic rings. The van der Waals surface area contributed by atoms with Gasteiger partial charge in [0.1, 0.15) is 21.8 Å². The van der Waals surface area contributed by atoms with Gasteiger partial charge in [-0.2, -0.15) is 5.26 Å². The molecule has 6 heteroatoms. The number of benzene rings is 1. The Labute approximate surface area is 154 Å². The molecule has 0 radical (unpaired) electrons. The van der Waals surface area contributed by atoms with Crippen molar-refractivity contribution in [2.24, 2.45) is 0 Å². The lowest BCUT2D eigenvalue weighted by Gasteiger charge is -2.03. The van der Waals surface area contributed by atoms with Crippen molar-refractivity contribution in [3.8, 4) is 17.3 Å². The van der Waals surface area contributed by atoms with E-state index in [1.807, 2.05) is 54.8 Å². The van der Waals surface area contributed by atoms with Gasteiger partial charge < -0.3 is 5.32 Å². The smallest absolute Gasteiger partial charge is 0.221 e. The van der Waals surface area contributed by atoms with Gasteiger partial charge in [-0.15, -0.1) is 11.3 Å². The number of nitrogens with zero attached hydrogens (tertiary/aromatic N) is 2. The highest BCUT2D eigenvalue weighted by atomic mass is 32.1. The Bertz CT molecular complexity index is 961. The highest BCUT2D eigenvalue weighted by Gasteiger charge is 2.17. The summed E-state index contributed by atoms with van der Waals surface area (Å²) >= 11 is 2.87. The molecule has 0 atom stereocenters. The summed E-state index contributed by atoms with van der Waals surface area (Å²) in [5, 5.41) is 15.6. The van der Waals surface area contributed by atoms with E-state index in [4.69, 9.17) is 0 Å². The summed E-state index contributed by atoms with van der Waals surface area (Å²) in [4.78, 5) is 17.2. The Kier molecular flexibility index (Phi) is 5.08. The second kappa shape index (κ2) is 7.43. The average molecular weight is 365 g/mol. The van der Waals surface area contributed by atoms with Crippen LogP contribution >= 0.6 is 22.7 Å². The second-order valence-electron chi connectivity index (χ2n) is 5.43. The highest BCUT2D eigenvalue weighted by molar-refractivity contribution is 7.17. The van der Waals surface area contributed by atoms with Crippen LogP contribution in [0.2, 0.25) is 0 Å². The molecule has 2 heterocycles. The first-order chi connectivity index (χ1) is 12.1. The van der Waals surface area contributed by atoms with Crippen molar-refractivity contribution in [3.63, 3.8) is 0 Å². The van der Waals surface area contributed by atoms with Gasteiger partial charge in [0.15, 0.2) is 0 Å². The lowest BCUT2D eigenvalue weighted by atomic mass is 10.1. The molecule has 0 saturated carbocycles. The van der Waals surface area contributed by atoms with Crippen molar-refractivity contribution in [2.75, 3.05) is 5.32 Å². The summed E-state index contributed by atoms with van der Waals surface area (Å²) in [6.07, 6.45) is 1.82. The SMILES string of the molecule is CC(=O)Nc1sc(C(C#N)=Cc2cccs2)nc1-c1ccc(C)cc1. The van der Waals surface area contributed by atoms with Crippen molar-refractivity contribution in [2.45, 2.75) is 13.8 Å². The average Bonchev–Trinajstić information content (AvgIpc) is 3.23. The minimum atomic E-state index is -0.163. The van der Waals surface area contributed by atoms with Crippen LogP contribution in [0, 0.1) is 18.3 Å². The Morgan fingerprint density at radius 1 is 1.28 bits per heavy atom. The molecule has 124 valence electrons. The van der Waals surface area contributed by atoms with Crippen LogP contribution in [0.1, 0.15) is 22.4 Å². The highest BCUT2D eigenvalue weighted by Crippen LogP contribution is 2.36. The van der Waals surface area contributed by atoms with Crippen LogP contribution in [0.5, 0.6) is 0 Å². The number of nitriles is 1. The molecule has 0 aliphatic heterocycles. The first kappa shape index (κ1) is 17.1. The quantitative estimate of drug-likeness (QED) is 0.646. The number of carbonyl (C=O) groups excluding carboxylic acids is 1. The van der Waals surface area contributed by atoms with E-state index in [0.29, 0.717) is 21.3 Å². The van der Waals surface area contributed by atoms with Gasteiger partial charge in [-0.05, 0) is 24.4 Å². The number of amides is 1. The maximum absolute atomic E-state index is 11.5. The molecule has 3 aromatic rings. The molecule has 0 aliphatic carbocycles. The van der Waals surface area contributed by atoms with Crippen molar-refractivity contribution in [1.29, 1.82) is 5.26 Å². The molecule has 3 rings (SSSR count). The zero-order chi connectivity index (χ0) is 17.8. The van der Waals surface area contributed by atoms with Crippen LogP contribution in [0.15, 0.2) is 41.8 Å². The van der Waals surface area contributed by atoms with Gasteiger partial charge in [-0.1, -0.05) is 47.2 Å². The minimum absolute atomic E-state index is 0.163. The Morgan fingerprint density at radius 3 is 2.64 bits per heavy atom. The molecule has 25 heavy (non-hydrogen) atoms. The summed E-state index contributed by atoms with van der Waals surface area (Å²) < 4.78 is 0. The number of rotatable bonds is 4. The van der Waals surface area contributed by atoms with Crippen molar-refractivity contribution in [1.82, 2.24) is 4.98 Å². The molecule has 0 bridgehead atoms. The molecule has 2 aromatic heterocycles. The first-order valence-electron chi connectivity index (χ1n) is 7.58. The van der Waals surface area contributed by atoms with Gasteiger partial charge >= 0.3 is 0 Å². The lowest BCUT2D eigenvalue weighted by molar-refractivity contribution is -0.114. The first-order valence-corrected chi connectivity index (χ1v) is 9.27. The largest absolute Gasteiger partial charge is 0.316 e. The summed E-state index contributed by atoms with van der Waals surface area (Å²) in [6, 6.07) is 14.0. The maximum Gasteiger partial charge on any atom is 0.221 e.